The third kappa shape index (κ3) is 3.07. The lowest BCUT2D eigenvalue weighted by atomic mass is 10.1. The smallest absolute Gasteiger partial charge is 0.160 e. The van der Waals surface area contributed by atoms with Gasteiger partial charge in [-0.25, -0.2) is 0 Å². The van der Waals surface area contributed by atoms with Gasteiger partial charge >= 0.3 is 0 Å². The number of nitriles is 1. The van der Waals surface area contributed by atoms with Gasteiger partial charge < -0.3 is 5.32 Å². The zero-order chi connectivity index (χ0) is 14.5. The Bertz CT molecular complexity index is 784. The van der Waals surface area contributed by atoms with Crippen LogP contribution in [0.5, 0.6) is 0 Å². The third-order valence-electron chi connectivity index (χ3n) is 3.29. The van der Waals surface area contributed by atoms with Gasteiger partial charge in [0.15, 0.2) is 5.65 Å². The first-order valence-electron chi connectivity index (χ1n) is 6.85. The fourth-order valence-corrected chi connectivity index (χ4v) is 2.25. The molecule has 0 radical (unpaired) electrons. The average Bonchev–Trinajstić information content (AvgIpc) is 2.95. The van der Waals surface area contributed by atoms with Crippen LogP contribution < -0.4 is 5.32 Å². The van der Waals surface area contributed by atoms with Crippen LogP contribution in [0.1, 0.15) is 17.0 Å². The number of fused-ring (bicyclic) bond motifs is 1. The van der Waals surface area contributed by atoms with Gasteiger partial charge in [-0.15, -0.1) is 10.2 Å². The molecule has 2 aromatic heterocycles. The molecule has 5 heteroatoms. The van der Waals surface area contributed by atoms with E-state index in [4.69, 9.17) is 5.26 Å². The number of rotatable bonds is 5. The van der Waals surface area contributed by atoms with Gasteiger partial charge in [0.1, 0.15) is 5.82 Å². The molecule has 21 heavy (non-hydrogen) atoms. The van der Waals surface area contributed by atoms with Crippen molar-refractivity contribution in [1.82, 2.24) is 19.9 Å². The van der Waals surface area contributed by atoms with E-state index in [0.29, 0.717) is 5.56 Å². The van der Waals surface area contributed by atoms with Crippen molar-refractivity contribution in [3.8, 4) is 6.07 Å². The second kappa shape index (κ2) is 6.16. The summed E-state index contributed by atoms with van der Waals surface area (Å²) in [6.45, 7) is 1.55. The van der Waals surface area contributed by atoms with Gasteiger partial charge in [0.2, 0.25) is 0 Å². The number of nitrogens with one attached hydrogen (secondary N) is 1. The predicted molar refractivity (Wildman–Crippen MR) is 79.6 cm³/mol. The fourth-order valence-electron chi connectivity index (χ4n) is 2.25. The molecule has 3 rings (SSSR count). The Balaban J connectivity index is 1.55. The van der Waals surface area contributed by atoms with Crippen molar-refractivity contribution in [3.63, 3.8) is 0 Å². The SMILES string of the molecule is N#Cc1cccc(CNCCc2nnc3ccccn23)c1. The van der Waals surface area contributed by atoms with E-state index in [1.807, 2.05) is 53.1 Å². The van der Waals surface area contributed by atoms with Crippen molar-refractivity contribution in [2.24, 2.45) is 0 Å². The van der Waals surface area contributed by atoms with Crippen LogP contribution in [-0.2, 0) is 13.0 Å². The van der Waals surface area contributed by atoms with Gasteiger partial charge in [0.05, 0.1) is 11.6 Å². The molecule has 0 aliphatic rings. The van der Waals surface area contributed by atoms with Crippen molar-refractivity contribution in [1.29, 1.82) is 5.26 Å². The van der Waals surface area contributed by atoms with E-state index >= 15 is 0 Å². The van der Waals surface area contributed by atoms with E-state index in [0.717, 1.165) is 36.5 Å². The monoisotopic (exact) mass is 277 g/mol. The standard InChI is InChI=1S/C16H15N5/c17-11-13-4-3-5-14(10-13)12-18-8-7-16-20-19-15-6-1-2-9-21(15)16/h1-6,9-10,18H,7-8,12H2. The molecule has 0 aliphatic heterocycles. The van der Waals surface area contributed by atoms with Crippen LogP contribution in [0.4, 0.5) is 0 Å². The highest BCUT2D eigenvalue weighted by Crippen LogP contribution is 2.05. The minimum Gasteiger partial charge on any atom is -0.312 e. The molecule has 0 unspecified atom stereocenters. The summed E-state index contributed by atoms with van der Waals surface area (Å²) in [7, 11) is 0. The fraction of sp³-hybridized carbons (Fsp3) is 0.188. The van der Waals surface area contributed by atoms with Crippen LogP contribution in [-0.4, -0.2) is 21.1 Å². The normalized spacial score (nSPS) is 10.6. The molecule has 3 aromatic rings. The lowest BCUT2D eigenvalue weighted by Gasteiger charge is -2.04. The Labute approximate surface area is 122 Å². The lowest BCUT2D eigenvalue weighted by Crippen LogP contribution is -2.17. The second-order valence-corrected chi connectivity index (χ2v) is 4.78. The Morgan fingerprint density at radius 1 is 1.14 bits per heavy atom. The predicted octanol–water partition coefficient (Wildman–Crippen LogP) is 1.93. The van der Waals surface area contributed by atoms with Gasteiger partial charge in [0.25, 0.3) is 0 Å². The molecule has 1 N–H and O–H groups in total. The number of pyridine rings is 1. The topological polar surface area (TPSA) is 66.0 Å². The van der Waals surface area contributed by atoms with Gasteiger partial charge in [-0.1, -0.05) is 18.2 Å². The largest absolute Gasteiger partial charge is 0.312 e. The zero-order valence-corrected chi connectivity index (χ0v) is 11.5. The second-order valence-electron chi connectivity index (χ2n) is 4.78. The van der Waals surface area contributed by atoms with Gasteiger partial charge in [-0.05, 0) is 29.8 Å². The molecule has 0 fully saturated rings. The van der Waals surface area contributed by atoms with Crippen molar-refractivity contribution in [2.45, 2.75) is 13.0 Å². The highest BCUT2D eigenvalue weighted by Gasteiger charge is 2.03. The van der Waals surface area contributed by atoms with Crippen LogP contribution in [0.25, 0.3) is 5.65 Å². The highest BCUT2D eigenvalue weighted by molar-refractivity contribution is 5.37. The van der Waals surface area contributed by atoms with Crippen LogP contribution in [0.3, 0.4) is 0 Å². The van der Waals surface area contributed by atoms with Crippen LogP contribution >= 0.6 is 0 Å². The summed E-state index contributed by atoms with van der Waals surface area (Å²) in [5, 5.41) is 20.6. The Morgan fingerprint density at radius 3 is 3.00 bits per heavy atom. The molecule has 104 valence electrons. The van der Waals surface area contributed by atoms with E-state index in [9.17, 15) is 0 Å². The van der Waals surface area contributed by atoms with Crippen molar-refractivity contribution < 1.29 is 0 Å². The van der Waals surface area contributed by atoms with Crippen LogP contribution in [0.15, 0.2) is 48.7 Å². The summed E-state index contributed by atoms with van der Waals surface area (Å²) in [6, 6.07) is 15.7. The summed E-state index contributed by atoms with van der Waals surface area (Å²) in [5.41, 5.74) is 2.67. The van der Waals surface area contributed by atoms with Crippen molar-refractivity contribution in [3.05, 3.63) is 65.6 Å². The molecule has 0 amide bonds. The molecule has 0 bridgehead atoms. The first-order chi connectivity index (χ1) is 10.4. The Morgan fingerprint density at radius 2 is 2.10 bits per heavy atom. The lowest BCUT2D eigenvalue weighted by molar-refractivity contribution is 0.667. The molecule has 0 aliphatic carbocycles. The molecule has 0 atom stereocenters. The summed E-state index contributed by atoms with van der Waals surface area (Å²) >= 11 is 0. The number of aromatic nitrogens is 3. The number of benzene rings is 1. The zero-order valence-electron chi connectivity index (χ0n) is 11.5. The van der Waals surface area contributed by atoms with E-state index < -0.39 is 0 Å². The Kier molecular flexibility index (Phi) is 3.90. The van der Waals surface area contributed by atoms with Crippen LogP contribution in [0, 0.1) is 11.3 Å². The summed E-state index contributed by atoms with van der Waals surface area (Å²) in [5.74, 6) is 0.948. The summed E-state index contributed by atoms with van der Waals surface area (Å²) < 4.78 is 2.00. The van der Waals surface area contributed by atoms with Crippen molar-refractivity contribution in [2.75, 3.05) is 6.54 Å². The maximum absolute atomic E-state index is 8.87. The highest BCUT2D eigenvalue weighted by atomic mass is 15.2. The van der Waals surface area contributed by atoms with E-state index in [1.54, 1.807) is 0 Å². The maximum Gasteiger partial charge on any atom is 0.160 e. The Hall–Kier alpha value is -2.71. The number of hydrogen-bond acceptors (Lipinski definition) is 4. The summed E-state index contributed by atoms with van der Waals surface area (Å²) in [4.78, 5) is 0. The van der Waals surface area contributed by atoms with E-state index in [-0.39, 0.29) is 0 Å². The van der Waals surface area contributed by atoms with Gasteiger partial charge in [0, 0.05) is 25.7 Å². The molecular weight excluding hydrogens is 262 g/mol. The van der Waals surface area contributed by atoms with Crippen molar-refractivity contribution >= 4 is 5.65 Å². The van der Waals surface area contributed by atoms with Crippen LogP contribution in [0.2, 0.25) is 0 Å². The molecule has 0 saturated carbocycles. The number of hydrogen-bond donors (Lipinski definition) is 1. The van der Waals surface area contributed by atoms with E-state index in [1.165, 1.54) is 0 Å². The summed E-state index contributed by atoms with van der Waals surface area (Å²) in [6.07, 6.45) is 2.78. The molecule has 0 spiro atoms. The first-order valence-corrected chi connectivity index (χ1v) is 6.85. The quantitative estimate of drug-likeness (QED) is 0.724. The van der Waals surface area contributed by atoms with Gasteiger partial charge in [-0.3, -0.25) is 4.40 Å². The van der Waals surface area contributed by atoms with Gasteiger partial charge in [-0.2, -0.15) is 5.26 Å². The minimum atomic E-state index is 0.692. The molecule has 0 saturated heterocycles. The maximum atomic E-state index is 8.87. The number of nitrogens with zero attached hydrogens (tertiary/aromatic N) is 4. The molecule has 5 nitrogen and oxygen atoms in total. The first kappa shape index (κ1) is 13.3. The molecule has 1 aromatic carbocycles. The average molecular weight is 277 g/mol. The third-order valence-corrected chi connectivity index (χ3v) is 3.29. The molecule has 2 heterocycles. The molecular formula is C16H15N5. The van der Waals surface area contributed by atoms with E-state index in [2.05, 4.69) is 21.6 Å². The minimum absolute atomic E-state index is 0.692.